The third-order valence-electron chi connectivity index (χ3n) is 4.03. The fourth-order valence-electron chi connectivity index (χ4n) is 2.72. The first-order chi connectivity index (χ1) is 11.6. The summed E-state index contributed by atoms with van der Waals surface area (Å²) in [4.78, 5) is 11.7. The number of benzene rings is 1. The fraction of sp³-hybridized carbons (Fsp3) is 0.611. The predicted molar refractivity (Wildman–Crippen MR) is 92.0 cm³/mol. The summed E-state index contributed by atoms with van der Waals surface area (Å²) in [5, 5.41) is 3.04. The number of amides is 1. The van der Waals surface area contributed by atoms with Gasteiger partial charge in [0, 0.05) is 13.2 Å². The molecule has 1 saturated carbocycles. The van der Waals surface area contributed by atoms with Gasteiger partial charge in [-0.2, -0.15) is 0 Å². The van der Waals surface area contributed by atoms with Crippen LogP contribution in [0.2, 0.25) is 5.02 Å². The van der Waals surface area contributed by atoms with Crippen LogP contribution in [0.4, 0.5) is 4.39 Å². The Balaban J connectivity index is 1.50. The summed E-state index contributed by atoms with van der Waals surface area (Å²) in [5.74, 6) is -0.113. The summed E-state index contributed by atoms with van der Waals surface area (Å²) in [7, 11) is 0. The van der Waals surface area contributed by atoms with Gasteiger partial charge >= 0.3 is 0 Å². The molecule has 6 heteroatoms. The van der Waals surface area contributed by atoms with Gasteiger partial charge < -0.3 is 14.8 Å². The van der Waals surface area contributed by atoms with E-state index in [1.165, 1.54) is 37.5 Å². The van der Waals surface area contributed by atoms with Gasteiger partial charge in [0.05, 0.1) is 24.2 Å². The van der Waals surface area contributed by atoms with Crippen LogP contribution < -0.4 is 10.1 Å². The van der Waals surface area contributed by atoms with Crippen LogP contribution in [0.1, 0.15) is 44.9 Å². The monoisotopic (exact) mass is 357 g/mol. The summed E-state index contributed by atoms with van der Waals surface area (Å²) in [6, 6.07) is 3.91. The summed E-state index contributed by atoms with van der Waals surface area (Å²) in [6.45, 7) is 1.49. The van der Waals surface area contributed by atoms with Crippen LogP contribution in [0, 0.1) is 5.82 Å². The summed E-state index contributed by atoms with van der Waals surface area (Å²) in [6.07, 6.45) is 7.62. The molecule has 0 saturated heterocycles. The standard InChI is InChI=1S/C18H25ClFNO3/c19-16-13-14(20)7-8-17(16)24-12-9-18(22)21-10-4-11-23-15-5-2-1-3-6-15/h7-8,13,15H,1-6,9-12H2,(H,21,22). The number of ether oxygens (including phenoxy) is 2. The normalized spacial score (nSPS) is 15.2. The number of rotatable bonds is 9. The average Bonchev–Trinajstić information content (AvgIpc) is 2.57. The molecule has 1 amide bonds. The van der Waals surface area contributed by atoms with E-state index in [9.17, 15) is 9.18 Å². The molecule has 4 nitrogen and oxygen atoms in total. The van der Waals surface area contributed by atoms with Crippen molar-refractivity contribution >= 4 is 17.5 Å². The minimum Gasteiger partial charge on any atom is -0.491 e. The van der Waals surface area contributed by atoms with Gasteiger partial charge in [-0.25, -0.2) is 4.39 Å². The second-order valence-corrected chi connectivity index (χ2v) is 6.41. The van der Waals surface area contributed by atoms with Crippen molar-refractivity contribution in [1.29, 1.82) is 0 Å². The van der Waals surface area contributed by atoms with Crippen LogP contribution in [0.15, 0.2) is 18.2 Å². The van der Waals surface area contributed by atoms with Crippen LogP contribution >= 0.6 is 11.6 Å². The smallest absolute Gasteiger partial charge is 0.223 e. The van der Waals surface area contributed by atoms with Gasteiger partial charge in [0.15, 0.2) is 0 Å². The Morgan fingerprint density at radius 2 is 2.04 bits per heavy atom. The van der Waals surface area contributed by atoms with Crippen molar-refractivity contribution in [2.45, 2.75) is 51.0 Å². The zero-order valence-corrected chi connectivity index (χ0v) is 14.6. The van der Waals surface area contributed by atoms with E-state index in [2.05, 4.69) is 5.32 Å². The van der Waals surface area contributed by atoms with E-state index in [1.807, 2.05) is 0 Å². The van der Waals surface area contributed by atoms with Gasteiger partial charge in [-0.15, -0.1) is 0 Å². The van der Waals surface area contributed by atoms with E-state index >= 15 is 0 Å². The lowest BCUT2D eigenvalue weighted by atomic mass is 9.98. The Kier molecular flexibility index (Phi) is 8.33. The summed E-state index contributed by atoms with van der Waals surface area (Å²) < 4.78 is 24.1. The molecular formula is C18H25ClFNO3. The highest BCUT2D eigenvalue weighted by Gasteiger charge is 2.13. The molecule has 0 heterocycles. The Morgan fingerprint density at radius 1 is 1.25 bits per heavy atom. The maximum Gasteiger partial charge on any atom is 0.223 e. The van der Waals surface area contributed by atoms with Gasteiger partial charge in [-0.05, 0) is 37.5 Å². The van der Waals surface area contributed by atoms with Crippen LogP contribution in [-0.2, 0) is 9.53 Å². The van der Waals surface area contributed by atoms with Crippen molar-refractivity contribution in [1.82, 2.24) is 5.32 Å². The first kappa shape index (κ1) is 19.0. The Morgan fingerprint density at radius 3 is 2.79 bits per heavy atom. The van der Waals surface area contributed by atoms with E-state index in [0.29, 0.717) is 25.0 Å². The molecule has 1 aliphatic rings. The maximum atomic E-state index is 12.9. The van der Waals surface area contributed by atoms with Crippen molar-refractivity contribution in [3.63, 3.8) is 0 Å². The van der Waals surface area contributed by atoms with Gasteiger partial charge in [0.1, 0.15) is 11.6 Å². The SMILES string of the molecule is O=C(CCOc1ccc(F)cc1Cl)NCCCOC1CCCCC1. The van der Waals surface area contributed by atoms with Crippen molar-refractivity contribution in [2.75, 3.05) is 19.8 Å². The highest BCUT2D eigenvalue weighted by molar-refractivity contribution is 6.32. The number of carbonyl (C=O) groups excluding carboxylic acids is 1. The Hall–Kier alpha value is -1.33. The first-order valence-corrected chi connectivity index (χ1v) is 8.99. The molecule has 1 aromatic rings. The minimum atomic E-state index is -0.416. The quantitative estimate of drug-likeness (QED) is 0.677. The molecule has 2 rings (SSSR count). The van der Waals surface area contributed by atoms with Crippen molar-refractivity contribution in [3.05, 3.63) is 29.0 Å². The molecule has 0 atom stereocenters. The van der Waals surface area contributed by atoms with Crippen molar-refractivity contribution in [2.24, 2.45) is 0 Å². The number of hydrogen-bond donors (Lipinski definition) is 1. The van der Waals surface area contributed by atoms with E-state index in [4.69, 9.17) is 21.1 Å². The molecule has 24 heavy (non-hydrogen) atoms. The lowest BCUT2D eigenvalue weighted by Crippen LogP contribution is -2.27. The molecule has 0 bridgehead atoms. The molecule has 1 N–H and O–H groups in total. The van der Waals surface area contributed by atoms with Crippen molar-refractivity contribution < 1.29 is 18.7 Å². The second kappa shape index (κ2) is 10.5. The average molecular weight is 358 g/mol. The number of nitrogens with one attached hydrogen (secondary N) is 1. The highest BCUT2D eigenvalue weighted by Crippen LogP contribution is 2.24. The second-order valence-electron chi connectivity index (χ2n) is 6.01. The molecular weight excluding hydrogens is 333 g/mol. The molecule has 1 aromatic carbocycles. The molecule has 134 valence electrons. The molecule has 1 aliphatic carbocycles. The number of halogens is 2. The summed E-state index contributed by atoms with van der Waals surface area (Å²) >= 11 is 5.85. The highest BCUT2D eigenvalue weighted by atomic mass is 35.5. The lowest BCUT2D eigenvalue weighted by Gasteiger charge is -2.21. The van der Waals surface area contributed by atoms with Crippen LogP contribution in [0.5, 0.6) is 5.75 Å². The summed E-state index contributed by atoms with van der Waals surface area (Å²) in [5.41, 5.74) is 0. The largest absolute Gasteiger partial charge is 0.491 e. The van der Waals surface area contributed by atoms with Gasteiger partial charge in [0.25, 0.3) is 0 Å². The lowest BCUT2D eigenvalue weighted by molar-refractivity contribution is -0.121. The molecule has 0 unspecified atom stereocenters. The maximum absolute atomic E-state index is 12.9. The van der Waals surface area contributed by atoms with Crippen LogP contribution in [0.25, 0.3) is 0 Å². The zero-order chi connectivity index (χ0) is 17.2. The molecule has 0 radical (unpaired) electrons. The van der Waals surface area contributed by atoms with E-state index in [1.54, 1.807) is 0 Å². The van der Waals surface area contributed by atoms with Gasteiger partial charge in [0.2, 0.25) is 5.91 Å². The first-order valence-electron chi connectivity index (χ1n) is 8.61. The Labute approximate surface area is 147 Å². The Bertz CT molecular complexity index is 521. The van der Waals surface area contributed by atoms with E-state index in [-0.39, 0.29) is 24.0 Å². The molecule has 0 aliphatic heterocycles. The molecule has 1 fully saturated rings. The van der Waals surface area contributed by atoms with E-state index < -0.39 is 5.82 Å². The fourth-order valence-corrected chi connectivity index (χ4v) is 2.94. The molecule has 0 spiro atoms. The minimum absolute atomic E-state index is 0.0779. The van der Waals surface area contributed by atoms with Gasteiger partial charge in [-0.3, -0.25) is 4.79 Å². The van der Waals surface area contributed by atoms with Crippen LogP contribution in [-0.4, -0.2) is 31.8 Å². The topological polar surface area (TPSA) is 47.6 Å². The van der Waals surface area contributed by atoms with Crippen LogP contribution in [0.3, 0.4) is 0 Å². The predicted octanol–water partition coefficient (Wildman–Crippen LogP) is 4.10. The third kappa shape index (κ3) is 7.05. The molecule has 0 aromatic heterocycles. The number of hydrogen-bond acceptors (Lipinski definition) is 3. The number of carbonyl (C=O) groups is 1. The zero-order valence-electron chi connectivity index (χ0n) is 13.9. The van der Waals surface area contributed by atoms with Crippen molar-refractivity contribution in [3.8, 4) is 5.75 Å². The third-order valence-corrected chi connectivity index (χ3v) is 4.33. The van der Waals surface area contributed by atoms with Gasteiger partial charge in [-0.1, -0.05) is 30.9 Å². The van der Waals surface area contributed by atoms with E-state index in [0.717, 1.165) is 19.3 Å².